The van der Waals surface area contributed by atoms with Crippen LogP contribution in [-0.2, 0) is 32.7 Å². The predicted octanol–water partition coefficient (Wildman–Crippen LogP) is 11.2. The average molecular weight is 735 g/mol. The highest BCUT2D eigenvalue weighted by Crippen LogP contribution is 2.43. The second-order valence-corrected chi connectivity index (χ2v) is 16.8. The molecule has 0 saturated carbocycles. The Labute approximate surface area is 308 Å². The summed E-state index contributed by atoms with van der Waals surface area (Å²) in [5.74, 6) is -0.789. The largest absolute Gasteiger partial charge is 0.472 e. The molecule has 0 spiro atoms. The summed E-state index contributed by atoms with van der Waals surface area (Å²) in [6, 6.07) is 0. The molecule has 0 aliphatic carbocycles. The van der Waals surface area contributed by atoms with E-state index in [0.717, 1.165) is 32.1 Å². The van der Waals surface area contributed by atoms with Crippen LogP contribution in [0, 0.1) is 0 Å². The second-order valence-electron chi connectivity index (χ2n) is 15.4. The molecule has 0 rings (SSSR count). The van der Waals surface area contributed by atoms with Crippen molar-refractivity contribution in [3.63, 3.8) is 0 Å². The summed E-state index contributed by atoms with van der Waals surface area (Å²) in [5.41, 5.74) is 0. The molecule has 0 amide bonds. The van der Waals surface area contributed by atoms with Crippen molar-refractivity contribution in [1.82, 2.24) is 0 Å². The van der Waals surface area contributed by atoms with E-state index in [0.29, 0.717) is 23.9 Å². The van der Waals surface area contributed by atoms with E-state index in [1.165, 1.54) is 128 Å². The minimum atomic E-state index is -4.36. The summed E-state index contributed by atoms with van der Waals surface area (Å²) in [7, 11) is 1.49. The van der Waals surface area contributed by atoms with Crippen molar-refractivity contribution in [3.05, 3.63) is 0 Å². The van der Waals surface area contributed by atoms with E-state index in [1.54, 1.807) is 0 Å². The van der Waals surface area contributed by atoms with Crippen molar-refractivity contribution in [2.45, 2.75) is 200 Å². The van der Waals surface area contributed by atoms with Gasteiger partial charge < -0.3 is 18.9 Å². The van der Waals surface area contributed by atoms with E-state index >= 15 is 0 Å². The summed E-state index contributed by atoms with van der Waals surface area (Å²) in [6.07, 6.45) is 31.5. The third-order valence-corrected chi connectivity index (χ3v) is 10.1. The maximum Gasteiger partial charge on any atom is 0.472 e. The fourth-order valence-corrected chi connectivity index (χ4v) is 6.58. The van der Waals surface area contributed by atoms with E-state index in [-0.39, 0.29) is 25.6 Å². The molecule has 0 aromatic carbocycles. The van der Waals surface area contributed by atoms with E-state index in [9.17, 15) is 19.0 Å². The summed E-state index contributed by atoms with van der Waals surface area (Å²) in [4.78, 5) is 35.2. The lowest BCUT2D eigenvalue weighted by Crippen LogP contribution is -2.37. The van der Waals surface area contributed by atoms with Crippen LogP contribution in [0.1, 0.15) is 194 Å². The van der Waals surface area contributed by atoms with Gasteiger partial charge in [0.2, 0.25) is 0 Å². The first kappa shape index (κ1) is 49.0. The maximum absolute atomic E-state index is 12.6. The smallest absolute Gasteiger partial charge is 0.462 e. The first-order valence-corrected chi connectivity index (χ1v) is 22.3. The van der Waals surface area contributed by atoms with Crippen LogP contribution in [0.5, 0.6) is 0 Å². The molecule has 2 atom stereocenters. The number of carbonyl (C=O) groups excluding carboxylic acids is 2. The number of quaternary nitrogens is 1. The van der Waals surface area contributed by atoms with Gasteiger partial charge >= 0.3 is 19.8 Å². The molecular formula is C40H81NO8P+. The number of phosphoric ester groups is 1. The molecule has 298 valence electrons. The van der Waals surface area contributed by atoms with Crippen molar-refractivity contribution >= 4 is 19.8 Å². The summed E-state index contributed by atoms with van der Waals surface area (Å²) < 4.78 is 34.2. The van der Waals surface area contributed by atoms with Gasteiger partial charge in [-0.05, 0) is 12.8 Å². The highest BCUT2D eigenvalue weighted by molar-refractivity contribution is 7.47. The number of likely N-dealkylation sites (N-methyl/N-ethyl adjacent to an activating group) is 1. The lowest BCUT2D eigenvalue weighted by molar-refractivity contribution is -0.870. The van der Waals surface area contributed by atoms with Crippen LogP contribution < -0.4 is 0 Å². The zero-order valence-electron chi connectivity index (χ0n) is 33.4. The maximum atomic E-state index is 12.6. The molecule has 10 heteroatoms. The normalized spacial score (nSPS) is 13.6. The van der Waals surface area contributed by atoms with Crippen LogP contribution in [0.3, 0.4) is 0 Å². The number of ether oxygens (including phenoxy) is 2. The number of hydrogen-bond acceptors (Lipinski definition) is 7. The first-order valence-electron chi connectivity index (χ1n) is 20.8. The summed E-state index contributed by atoms with van der Waals surface area (Å²) in [6.45, 7) is 4.43. The van der Waals surface area contributed by atoms with Crippen LogP contribution >= 0.6 is 7.82 Å². The highest BCUT2D eigenvalue weighted by atomic mass is 31.2. The Hall–Kier alpha value is -0.990. The van der Waals surface area contributed by atoms with Crippen molar-refractivity contribution in [1.29, 1.82) is 0 Å². The fourth-order valence-electron chi connectivity index (χ4n) is 5.84. The molecule has 0 aromatic rings. The quantitative estimate of drug-likeness (QED) is 0.0289. The Bertz CT molecular complexity index is 835. The molecule has 0 bridgehead atoms. The molecule has 0 aliphatic rings. The van der Waals surface area contributed by atoms with Gasteiger partial charge in [0.25, 0.3) is 0 Å². The first-order chi connectivity index (χ1) is 24.0. The number of carbonyl (C=O) groups is 2. The van der Waals surface area contributed by atoms with Crippen molar-refractivity contribution < 1.29 is 42.1 Å². The van der Waals surface area contributed by atoms with Crippen LogP contribution in [0.25, 0.3) is 0 Å². The van der Waals surface area contributed by atoms with E-state index < -0.39 is 26.5 Å². The van der Waals surface area contributed by atoms with E-state index in [2.05, 4.69) is 13.8 Å². The second kappa shape index (κ2) is 33.8. The van der Waals surface area contributed by atoms with E-state index in [1.807, 2.05) is 21.1 Å². The Kier molecular flexibility index (Phi) is 33.2. The lowest BCUT2D eigenvalue weighted by Gasteiger charge is -2.24. The molecule has 0 aliphatic heterocycles. The minimum absolute atomic E-state index is 0.0365. The molecule has 50 heavy (non-hydrogen) atoms. The Morgan fingerprint density at radius 3 is 1.28 bits per heavy atom. The van der Waals surface area contributed by atoms with Crippen molar-refractivity contribution in [3.8, 4) is 0 Å². The van der Waals surface area contributed by atoms with Gasteiger partial charge in [-0.3, -0.25) is 18.6 Å². The lowest BCUT2D eigenvalue weighted by atomic mass is 10.0. The zero-order chi connectivity index (χ0) is 37.2. The molecule has 0 radical (unpaired) electrons. The predicted molar refractivity (Wildman–Crippen MR) is 206 cm³/mol. The molecular weight excluding hydrogens is 653 g/mol. The standard InChI is InChI=1S/C40H80NO8P/c1-6-8-10-12-14-16-18-19-20-21-22-23-25-26-28-30-32-39(42)46-36-38(37-48-50(44,45)47-35-34-41(3,4)5)49-40(43)33-31-29-27-24-17-15-13-11-9-7-2/h38H,6-37H2,1-5H3/p+1/t38-/m1/s1. The Balaban J connectivity index is 4.31. The molecule has 1 unspecified atom stereocenters. The van der Waals surface area contributed by atoms with Gasteiger partial charge in [-0.25, -0.2) is 4.57 Å². The van der Waals surface area contributed by atoms with Crippen molar-refractivity contribution in [2.75, 3.05) is 47.5 Å². The number of phosphoric acid groups is 1. The van der Waals surface area contributed by atoms with Gasteiger partial charge in [0.1, 0.15) is 19.8 Å². The molecule has 9 nitrogen and oxygen atoms in total. The topological polar surface area (TPSA) is 108 Å². The fraction of sp³-hybridized carbons (Fsp3) is 0.950. The molecule has 0 saturated heterocycles. The molecule has 1 N–H and O–H groups in total. The molecule has 0 heterocycles. The number of hydrogen-bond donors (Lipinski definition) is 1. The molecule has 0 fully saturated rings. The minimum Gasteiger partial charge on any atom is -0.462 e. The van der Waals surface area contributed by atoms with Crippen molar-refractivity contribution in [2.24, 2.45) is 0 Å². The highest BCUT2D eigenvalue weighted by Gasteiger charge is 2.27. The molecule has 0 aromatic heterocycles. The van der Waals surface area contributed by atoms with Gasteiger partial charge in [0.05, 0.1) is 27.7 Å². The average Bonchev–Trinajstić information content (AvgIpc) is 3.06. The van der Waals surface area contributed by atoms with Gasteiger partial charge in [0.15, 0.2) is 6.10 Å². The number of nitrogens with zero attached hydrogens (tertiary/aromatic N) is 1. The van der Waals surface area contributed by atoms with E-state index in [4.69, 9.17) is 18.5 Å². The monoisotopic (exact) mass is 735 g/mol. The third-order valence-electron chi connectivity index (χ3n) is 9.14. The van der Waals surface area contributed by atoms with Gasteiger partial charge in [-0.2, -0.15) is 0 Å². The number of unbranched alkanes of at least 4 members (excludes halogenated alkanes) is 24. The van der Waals surface area contributed by atoms with Crippen LogP contribution in [-0.4, -0.2) is 74.9 Å². The number of rotatable bonds is 38. The Morgan fingerprint density at radius 2 is 0.900 bits per heavy atom. The van der Waals surface area contributed by atoms with Crippen LogP contribution in [0.2, 0.25) is 0 Å². The number of esters is 2. The van der Waals surface area contributed by atoms with Crippen LogP contribution in [0.4, 0.5) is 0 Å². The van der Waals surface area contributed by atoms with Gasteiger partial charge in [-0.1, -0.05) is 168 Å². The zero-order valence-corrected chi connectivity index (χ0v) is 34.3. The Morgan fingerprint density at radius 1 is 0.540 bits per heavy atom. The SMILES string of the molecule is CCCCCCCCCCCCCCCCCCC(=O)OC[C@H](COP(=O)(O)OCC[N+](C)(C)C)OC(=O)CCCCCCCCCCCC. The van der Waals surface area contributed by atoms with Crippen LogP contribution in [0.15, 0.2) is 0 Å². The van der Waals surface area contributed by atoms with Gasteiger partial charge in [-0.15, -0.1) is 0 Å². The third kappa shape index (κ3) is 36.8. The summed E-state index contributed by atoms with van der Waals surface area (Å²) >= 11 is 0. The van der Waals surface area contributed by atoms with Gasteiger partial charge in [0, 0.05) is 12.8 Å². The summed E-state index contributed by atoms with van der Waals surface area (Å²) in [5, 5.41) is 0.